The Kier molecular flexibility index (Phi) is 10.7. The molecule has 12 heteroatoms. The van der Waals surface area contributed by atoms with Crippen molar-refractivity contribution in [1.29, 1.82) is 0 Å². The number of alkyl halides is 3. The van der Waals surface area contributed by atoms with E-state index < -0.39 is 29.4 Å². The highest BCUT2D eigenvalue weighted by Gasteiger charge is 2.41. The van der Waals surface area contributed by atoms with Gasteiger partial charge < -0.3 is 35.4 Å². The Morgan fingerprint density at radius 1 is 0.979 bits per heavy atom. The smallest absolute Gasteiger partial charge is 0.416 e. The largest absolute Gasteiger partial charge is 0.497 e. The van der Waals surface area contributed by atoms with Crippen molar-refractivity contribution < 1.29 is 37.7 Å². The number of nitrogens with zero attached hydrogens (tertiary/aromatic N) is 3. The molecule has 3 aliphatic heterocycles. The first kappa shape index (κ1) is 35.0. The number of halogens is 3. The number of methoxy groups -OCH3 is 1. The molecule has 3 heterocycles. The van der Waals surface area contributed by atoms with Gasteiger partial charge >= 0.3 is 12.1 Å². The van der Waals surface area contributed by atoms with Crippen LogP contribution in [0.5, 0.6) is 5.75 Å². The summed E-state index contributed by atoms with van der Waals surface area (Å²) in [6.07, 6.45) is -1.30. The molecular formula is C35H47F3N4O5. The number of carbonyl (C=O) groups excluding carboxylic acids is 1. The average molecular weight is 661 g/mol. The molecule has 0 bridgehead atoms. The van der Waals surface area contributed by atoms with Gasteiger partial charge in [-0.15, -0.1) is 0 Å². The fraction of sp³-hybridized carbons (Fsp3) is 0.600. The number of rotatable bonds is 10. The van der Waals surface area contributed by atoms with Gasteiger partial charge in [-0.25, -0.2) is 0 Å². The van der Waals surface area contributed by atoms with Crippen LogP contribution in [-0.2, 0) is 15.8 Å². The quantitative estimate of drug-likeness (QED) is 0.309. The summed E-state index contributed by atoms with van der Waals surface area (Å²) in [5, 5.41) is 19.4. The molecule has 0 saturated carbocycles. The topological polar surface area (TPSA) is 120 Å². The maximum atomic E-state index is 14.1. The van der Waals surface area contributed by atoms with Crippen LogP contribution in [0.25, 0.3) is 0 Å². The number of hydrogen-bond acceptors (Lipinski definition) is 7. The van der Waals surface area contributed by atoms with Gasteiger partial charge in [0, 0.05) is 50.9 Å². The predicted molar refractivity (Wildman–Crippen MR) is 172 cm³/mol. The Morgan fingerprint density at radius 2 is 1.64 bits per heavy atom. The van der Waals surface area contributed by atoms with Crippen LogP contribution in [0, 0.1) is 11.8 Å². The number of carbonyl (C=O) groups is 2. The van der Waals surface area contributed by atoms with Crippen LogP contribution in [0.4, 0.5) is 18.9 Å². The first-order valence-corrected chi connectivity index (χ1v) is 16.6. The average Bonchev–Trinajstić information content (AvgIpc) is 3.47. The zero-order valence-electron chi connectivity index (χ0n) is 27.2. The Labute approximate surface area is 274 Å². The van der Waals surface area contributed by atoms with E-state index in [-0.39, 0.29) is 23.7 Å². The predicted octanol–water partition coefficient (Wildman–Crippen LogP) is 4.88. The van der Waals surface area contributed by atoms with Gasteiger partial charge in [0.1, 0.15) is 11.5 Å². The molecule has 1 amide bonds. The number of nitrogens with two attached hydrogens (primary N) is 1. The summed E-state index contributed by atoms with van der Waals surface area (Å²) in [4.78, 5) is 31.7. The van der Waals surface area contributed by atoms with Crippen molar-refractivity contribution in [2.24, 2.45) is 17.6 Å². The third-order valence-electron chi connectivity index (χ3n) is 10.2. The van der Waals surface area contributed by atoms with E-state index in [9.17, 15) is 33.0 Å². The molecule has 2 aromatic rings. The Bertz CT molecular complexity index is 1380. The Balaban J connectivity index is 1.29. The monoisotopic (exact) mass is 660 g/mol. The third-order valence-corrected chi connectivity index (χ3v) is 10.2. The second-order valence-electron chi connectivity index (χ2n) is 13.7. The number of piperidine rings is 2. The van der Waals surface area contributed by atoms with Gasteiger partial charge in [0.05, 0.1) is 24.5 Å². The van der Waals surface area contributed by atoms with Gasteiger partial charge in [-0.05, 0) is 93.3 Å². The van der Waals surface area contributed by atoms with Crippen LogP contribution in [0.3, 0.4) is 0 Å². The molecule has 0 radical (unpaired) electrons. The molecule has 4 N–H and O–H groups in total. The number of carboxylic acids is 1. The van der Waals surface area contributed by atoms with E-state index in [4.69, 9.17) is 10.5 Å². The van der Waals surface area contributed by atoms with Crippen molar-refractivity contribution in [1.82, 2.24) is 9.80 Å². The number of aliphatic hydroxyl groups is 1. The van der Waals surface area contributed by atoms with Crippen molar-refractivity contribution in [3.05, 3.63) is 59.2 Å². The lowest BCUT2D eigenvalue weighted by molar-refractivity contribution is -0.142. The molecule has 3 saturated heterocycles. The van der Waals surface area contributed by atoms with E-state index in [0.717, 1.165) is 22.9 Å². The number of amides is 1. The molecule has 1 unspecified atom stereocenters. The summed E-state index contributed by atoms with van der Waals surface area (Å²) in [7, 11) is 1.61. The lowest BCUT2D eigenvalue weighted by Crippen LogP contribution is -2.43. The van der Waals surface area contributed by atoms with Crippen molar-refractivity contribution in [3.8, 4) is 5.75 Å². The highest BCUT2D eigenvalue weighted by molar-refractivity contribution is 5.81. The van der Waals surface area contributed by atoms with Crippen molar-refractivity contribution in [3.63, 3.8) is 0 Å². The number of anilines is 1. The van der Waals surface area contributed by atoms with Gasteiger partial charge in [-0.1, -0.05) is 18.2 Å². The lowest BCUT2D eigenvalue weighted by atomic mass is 9.84. The summed E-state index contributed by atoms with van der Waals surface area (Å²) < 4.78 is 46.6. The molecule has 0 spiro atoms. The minimum absolute atomic E-state index is 0.0141. The van der Waals surface area contributed by atoms with Crippen molar-refractivity contribution >= 4 is 17.6 Å². The molecule has 3 fully saturated rings. The number of hydrogen-bond donors (Lipinski definition) is 3. The molecular weight excluding hydrogens is 613 g/mol. The second-order valence-corrected chi connectivity index (χ2v) is 13.7. The number of likely N-dealkylation sites (tertiary alicyclic amines) is 2. The molecule has 3 aliphatic rings. The standard InChI is InChI=1S/C35H47F3N4O5/c1-34(39,46)14-3-15-40-21-29(23-4-7-27(47-2)8-5-23)30(22-40)32(43)42-18-10-24(11-19-42)28-9-6-26(35(36,37)38)20-31(28)41-16-12-25(13-17-41)33(44)45/h4-9,20,24-25,29-30,46H,3,10-19,21-22,39H2,1-2H3,(H,44,45)/t29-,30+,34?/m0/s1. The molecule has 258 valence electrons. The fourth-order valence-corrected chi connectivity index (χ4v) is 7.52. The maximum absolute atomic E-state index is 14.1. The van der Waals surface area contributed by atoms with Gasteiger partial charge in [0.15, 0.2) is 0 Å². The van der Waals surface area contributed by atoms with Crippen LogP contribution in [0.15, 0.2) is 42.5 Å². The zero-order valence-corrected chi connectivity index (χ0v) is 27.2. The lowest BCUT2D eigenvalue weighted by Gasteiger charge is -2.38. The van der Waals surface area contributed by atoms with E-state index in [1.165, 1.54) is 6.07 Å². The van der Waals surface area contributed by atoms with Gasteiger partial charge in [0.25, 0.3) is 0 Å². The van der Waals surface area contributed by atoms with Gasteiger partial charge in [0.2, 0.25) is 5.91 Å². The first-order valence-electron chi connectivity index (χ1n) is 16.6. The summed E-state index contributed by atoms with van der Waals surface area (Å²) in [5.74, 6) is -0.813. The fourth-order valence-electron chi connectivity index (χ4n) is 7.52. The Hall–Kier alpha value is -3.35. The molecule has 0 aromatic heterocycles. The maximum Gasteiger partial charge on any atom is 0.416 e. The minimum atomic E-state index is -4.49. The van der Waals surface area contributed by atoms with E-state index in [0.29, 0.717) is 90.0 Å². The highest BCUT2D eigenvalue weighted by Crippen LogP contribution is 2.41. The van der Waals surface area contributed by atoms with Crippen molar-refractivity contribution in [2.75, 3.05) is 57.8 Å². The number of ether oxygens (including phenoxy) is 1. The first-order chi connectivity index (χ1) is 22.2. The number of aliphatic carboxylic acids is 1. The summed E-state index contributed by atoms with van der Waals surface area (Å²) in [5.41, 5.74) is 6.24. The van der Waals surface area contributed by atoms with Gasteiger partial charge in [-0.2, -0.15) is 13.2 Å². The van der Waals surface area contributed by atoms with E-state index >= 15 is 0 Å². The highest BCUT2D eigenvalue weighted by atomic mass is 19.4. The SMILES string of the molecule is COc1ccc([C@@H]2CN(CCCC(C)(N)O)C[C@H]2C(=O)N2CCC(c3ccc(C(F)(F)F)cc3N3CCC(C(=O)O)CC3)CC2)cc1. The minimum Gasteiger partial charge on any atom is -0.497 e. The normalized spacial score (nSPS) is 23.1. The van der Waals surface area contributed by atoms with E-state index in [2.05, 4.69) is 4.90 Å². The number of carboxylic acid groups (broad SMARTS) is 1. The van der Waals surface area contributed by atoms with Crippen LogP contribution >= 0.6 is 0 Å². The summed E-state index contributed by atoms with van der Waals surface area (Å²) in [6.45, 7) is 5.39. The molecule has 9 nitrogen and oxygen atoms in total. The molecule has 47 heavy (non-hydrogen) atoms. The third kappa shape index (κ3) is 8.58. The van der Waals surface area contributed by atoms with E-state index in [1.54, 1.807) is 20.1 Å². The van der Waals surface area contributed by atoms with Crippen LogP contribution in [0.1, 0.15) is 74.0 Å². The van der Waals surface area contributed by atoms with Crippen LogP contribution < -0.4 is 15.4 Å². The van der Waals surface area contributed by atoms with Gasteiger partial charge in [-0.3, -0.25) is 9.59 Å². The second kappa shape index (κ2) is 14.4. The Morgan fingerprint density at radius 3 is 2.21 bits per heavy atom. The molecule has 0 aliphatic carbocycles. The summed E-state index contributed by atoms with van der Waals surface area (Å²) >= 11 is 0. The van der Waals surface area contributed by atoms with Crippen LogP contribution in [-0.4, -0.2) is 90.5 Å². The van der Waals surface area contributed by atoms with Crippen molar-refractivity contribution in [2.45, 2.75) is 69.2 Å². The number of benzene rings is 2. The zero-order chi connectivity index (χ0) is 33.9. The van der Waals surface area contributed by atoms with Crippen LogP contribution in [0.2, 0.25) is 0 Å². The molecule has 3 atom stereocenters. The molecule has 2 aromatic carbocycles. The molecule has 5 rings (SSSR count). The summed E-state index contributed by atoms with van der Waals surface area (Å²) in [6, 6.07) is 11.8. The van der Waals surface area contributed by atoms with E-state index in [1.807, 2.05) is 34.1 Å².